The molecule has 2 rings (SSSR count). The van der Waals surface area contributed by atoms with Gasteiger partial charge < -0.3 is 15.2 Å². The molecule has 2 saturated carbocycles. The minimum absolute atomic E-state index is 0.331. The summed E-state index contributed by atoms with van der Waals surface area (Å²) >= 11 is 0. The molecule has 0 aromatic carbocycles. The van der Waals surface area contributed by atoms with Gasteiger partial charge in [0.25, 0.3) is 0 Å². The lowest BCUT2D eigenvalue weighted by Crippen LogP contribution is -2.61. The molecule has 0 aromatic heterocycles. The van der Waals surface area contributed by atoms with Crippen molar-refractivity contribution < 1.29 is 9.47 Å². The molecule has 1 spiro atoms. The Hall–Kier alpha value is -0.120. The molecule has 0 radical (unpaired) electrons. The summed E-state index contributed by atoms with van der Waals surface area (Å²) in [5.74, 6) is 0.605. The third-order valence-corrected chi connectivity index (χ3v) is 4.38. The summed E-state index contributed by atoms with van der Waals surface area (Å²) in [6, 6.07) is 0.381. The number of hydrogen-bond donors (Lipinski definition) is 1. The van der Waals surface area contributed by atoms with Crippen LogP contribution in [0.5, 0.6) is 0 Å². The summed E-state index contributed by atoms with van der Waals surface area (Å²) in [5, 5.41) is 0. The Balaban J connectivity index is 1.63. The van der Waals surface area contributed by atoms with E-state index in [0.717, 1.165) is 26.2 Å². The van der Waals surface area contributed by atoms with Crippen LogP contribution in [0.15, 0.2) is 0 Å². The van der Waals surface area contributed by atoms with Gasteiger partial charge in [0.2, 0.25) is 0 Å². The molecule has 0 aromatic rings. The minimum Gasteiger partial charge on any atom is -0.379 e. The van der Waals surface area contributed by atoms with Crippen molar-refractivity contribution >= 4 is 0 Å². The lowest BCUT2D eigenvalue weighted by atomic mass is 9.61. The first-order valence-corrected chi connectivity index (χ1v) is 7.10. The third kappa shape index (κ3) is 2.83. The summed E-state index contributed by atoms with van der Waals surface area (Å²) in [5.41, 5.74) is 6.50. The van der Waals surface area contributed by atoms with Crippen LogP contribution in [0, 0.1) is 11.3 Å². The molecule has 100 valence electrons. The van der Waals surface area contributed by atoms with Crippen LogP contribution in [-0.2, 0) is 9.47 Å². The molecule has 2 aliphatic carbocycles. The Labute approximate surface area is 105 Å². The summed E-state index contributed by atoms with van der Waals surface area (Å²) < 4.78 is 11.5. The van der Waals surface area contributed by atoms with E-state index in [0.29, 0.717) is 23.5 Å². The summed E-state index contributed by atoms with van der Waals surface area (Å²) in [6.45, 7) is 6.61. The Morgan fingerprint density at radius 1 is 1.24 bits per heavy atom. The Morgan fingerprint density at radius 3 is 2.53 bits per heavy atom. The van der Waals surface area contributed by atoms with Crippen molar-refractivity contribution in [2.45, 2.75) is 58.1 Å². The topological polar surface area (TPSA) is 44.5 Å². The van der Waals surface area contributed by atoms with E-state index in [2.05, 4.69) is 13.8 Å². The average Bonchev–Trinajstić information content (AvgIpc) is 2.78. The molecular formula is C14H27NO2. The van der Waals surface area contributed by atoms with E-state index in [-0.39, 0.29) is 0 Å². The van der Waals surface area contributed by atoms with E-state index < -0.39 is 0 Å². The highest BCUT2D eigenvalue weighted by Crippen LogP contribution is 2.53. The molecule has 17 heavy (non-hydrogen) atoms. The number of hydrogen-bond acceptors (Lipinski definition) is 3. The first-order valence-electron chi connectivity index (χ1n) is 7.10. The molecule has 2 N–H and O–H groups in total. The summed E-state index contributed by atoms with van der Waals surface area (Å²) in [6.07, 6.45) is 6.65. The van der Waals surface area contributed by atoms with E-state index in [4.69, 9.17) is 15.2 Å². The van der Waals surface area contributed by atoms with Gasteiger partial charge in [-0.2, -0.15) is 0 Å². The van der Waals surface area contributed by atoms with Crippen LogP contribution in [0.3, 0.4) is 0 Å². The van der Waals surface area contributed by atoms with Crippen LogP contribution < -0.4 is 5.73 Å². The Morgan fingerprint density at radius 2 is 1.94 bits per heavy atom. The normalized spacial score (nSPS) is 31.1. The SMILES string of the molecule is CC(C)COCCOC1CC(N)C12CCCC2. The van der Waals surface area contributed by atoms with Gasteiger partial charge in [-0.3, -0.25) is 0 Å². The number of nitrogens with two attached hydrogens (primary N) is 1. The Bertz CT molecular complexity index is 236. The smallest absolute Gasteiger partial charge is 0.0704 e. The summed E-state index contributed by atoms with van der Waals surface area (Å²) in [7, 11) is 0. The van der Waals surface area contributed by atoms with Crippen LogP contribution >= 0.6 is 0 Å². The monoisotopic (exact) mass is 241 g/mol. The largest absolute Gasteiger partial charge is 0.379 e. The maximum Gasteiger partial charge on any atom is 0.0704 e. The Kier molecular flexibility index (Phi) is 4.45. The molecular weight excluding hydrogens is 214 g/mol. The van der Waals surface area contributed by atoms with Crippen molar-refractivity contribution in [3.63, 3.8) is 0 Å². The zero-order chi connectivity index (χ0) is 12.3. The highest BCUT2D eigenvalue weighted by Gasteiger charge is 2.54. The van der Waals surface area contributed by atoms with Gasteiger partial charge in [-0.15, -0.1) is 0 Å². The van der Waals surface area contributed by atoms with E-state index in [1.165, 1.54) is 25.7 Å². The van der Waals surface area contributed by atoms with Gasteiger partial charge in [-0.05, 0) is 25.2 Å². The maximum atomic E-state index is 6.17. The van der Waals surface area contributed by atoms with E-state index in [9.17, 15) is 0 Å². The lowest BCUT2D eigenvalue weighted by Gasteiger charge is -2.52. The van der Waals surface area contributed by atoms with Gasteiger partial charge in [-0.25, -0.2) is 0 Å². The zero-order valence-electron chi connectivity index (χ0n) is 11.3. The van der Waals surface area contributed by atoms with Gasteiger partial charge in [0.1, 0.15) is 0 Å². The summed E-state index contributed by atoms with van der Waals surface area (Å²) in [4.78, 5) is 0. The highest BCUT2D eigenvalue weighted by atomic mass is 16.5. The molecule has 0 saturated heterocycles. The van der Waals surface area contributed by atoms with Crippen LogP contribution in [0.1, 0.15) is 46.0 Å². The zero-order valence-corrected chi connectivity index (χ0v) is 11.3. The molecule has 3 heteroatoms. The van der Waals surface area contributed by atoms with Crippen LogP contribution in [0.2, 0.25) is 0 Å². The molecule has 3 nitrogen and oxygen atoms in total. The standard InChI is InChI=1S/C14H27NO2/c1-11(2)10-16-7-8-17-13-9-12(15)14(13)5-3-4-6-14/h11-13H,3-10,15H2,1-2H3. The molecule has 0 amide bonds. The third-order valence-electron chi connectivity index (χ3n) is 4.38. The van der Waals surface area contributed by atoms with E-state index >= 15 is 0 Å². The number of ether oxygens (including phenoxy) is 2. The van der Waals surface area contributed by atoms with Gasteiger partial charge in [0, 0.05) is 18.1 Å². The molecule has 0 bridgehead atoms. The van der Waals surface area contributed by atoms with Crippen LogP contribution in [0.25, 0.3) is 0 Å². The van der Waals surface area contributed by atoms with Crippen molar-refractivity contribution in [2.24, 2.45) is 17.1 Å². The molecule has 0 aliphatic heterocycles. The predicted octanol–water partition coefficient (Wildman–Crippen LogP) is 2.34. The first kappa shape index (κ1) is 13.3. The van der Waals surface area contributed by atoms with Crippen LogP contribution in [-0.4, -0.2) is 32.0 Å². The predicted molar refractivity (Wildman–Crippen MR) is 68.9 cm³/mol. The molecule has 2 fully saturated rings. The fourth-order valence-electron chi connectivity index (χ4n) is 3.31. The van der Waals surface area contributed by atoms with Crippen molar-refractivity contribution in [3.8, 4) is 0 Å². The van der Waals surface area contributed by atoms with E-state index in [1.54, 1.807) is 0 Å². The second kappa shape index (κ2) is 5.68. The second-order valence-electron chi connectivity index (χ2n) is 6.11. The molecule has 2 aliphatic rings. The fourth-order valence-corrected chi connectivity index (χ4v) is 3.31. The first-order chi connectivity index (χ1) is 8.15. The van der Waals surface area contributed by atoms with E-state index in [1.807, 2.05) is 0 Å². The van der Waals surface area contributed by atoms with Gasteiger partial charge >= 0.3 is 0 Å². The molecule has 0 heterocycles. The van der Waals surface area contributed by atoms with Gasteiger partial charge in [0.05, 0.1) is 19.3 Å². The lowest BCUT2D eigenvalue weighted by molar-refractivity contribution is -0.133. The molecule has 2 atom stereocenters. The maximum absolute atomic E-state index is 6.17. The molecule has 2 unspecified atom stereocenters. The van der Waals surface area contributed by atoms with Crippen molar-refractivity contribution in [1.29, 1.82) is 0 Å². The number of rotatable bonds is 6. The van der Waals surface area contributed by atoms with Crippen LogP contribution in [0.4, 0.5) is 0 Å². The van der Waals surface area contributed by atoms with Crippen molar-refractivity contribution in [1.82, 2.24) is 0 Å². The van der Waals surface area contributed by atoms with Crippen molar-refractivity contribution in [2.75, 3.05) is 19.8 Å². The highest BCUT2D eigenvalue weighted by molar-refractivity contribution is 5.08. The fraction of sp³-hybridized carbons (Fsp3) is 1.00. The minimum atomic E-state index is 0.331. The average molecular weight is 241 g/mol. The quantitative estimate of drug-likeness (QED) is 0.726. The second-order valence-corrected chi connectivity index (χ2v) is 6.11. The van der Waals surface area contributed by atoms with Gasteiger partial charge in [-0.1, -0.05) is 26.7 Å². The van der Waals surface area contributed by atoms with Gasteiger partial charge in [0.15, 0.2) is 0 Å². The van der Waals surface area contributed by atoms with Crippen molar-refractivity contribution in [3.05, 3.63) is 0 Å².